The Kier molecular flexibility index (Phi) is 7.88. The number of rotatable bonds is 10. The first-order valence-corrected chi connectivity index (χ1v) is 11.1. The summed E-state index contributed by atoms with van der Waals surface area (Å²) < 4.78 is 21.4. The van der Waals surface area contributed by atoms with Crippen LogP contribution >= 0.6 is 11.3 Å². The Bertz CT molecular complexity index is 1040. The molecule has 2 aromatic heterocycles. The molecule has 3 aromatic rings. The van der Waals surface area contributed by atoms with Gasteiger partial charge in [-0.3, -0.25) is 4.79 Å². The number of esters is 1. The van der Waals surface area contributed by atoms with Crippen LogP contribution in [0, 0.1) is 5.92 Å². The molecule has 0 saturated heterocycles. The molecule has 0 spiro atoms. The highest BCUT2D eigenvalue weighted by Crippen LogP contribution is 2.33. The molecule has 0 aliphatic carbocycles. The van der Waals surface area contributed by atoms with E-state index in [-0.39, 0.29) is 18.3 Å². The number of methoxy groups -OCH3 is 1. The highest BCUT2D eigenvalue weighted by atomic mass is 32.1. The molecule has 0 aliphatic heterocycles. The number of benzene rings is 1. The molecule has 3 rings (SSSR count). The Morgan fingerprint density at radius 3 is 2.69 bits per heavy atom. The van der Waals surface area contributed by atoms with Crippen molar-refractivity contribution in [2.24, 2.45) is 5.92 Å². The maximum Gasteiger partial charge on any atom is 0.329 e. The number of nitrogens with one attached hydrogen (secondary N) is 1. The van der Waals surface area contributed by atoms with Crippen LogP contribution in [-0.2, 0) is 16.1 Å². The van der Waals surface area contributed by atoms with Crippen molar-refractivity contribution in [1.82, 2.24) is 10.3 Å². The van der Waals surface area contributed by atoms with Gasteiger partial charge in [-0.2, -0.15) is 0 Å². The van der Waals surface area contributed by atoms with Crippen molar-refractivity contribution in [3.8, 4) is 22.1 Å². The van der Waals surface area contributed by atoms with Crippen molar-refractivity contribution in [2.75, 3.05) is 13.7 Å². The molecule has 32 heavy (non-hydrogen) atoms. The van der Waals surface area contributed by atoms with Crippen molar-refractivity contribution < 1.29 is 28.2 Å². The van der Waals surface area contributed by atoms with Gasteiger partial charge in [-0.05, 0) is 43.2 Å². The molecule has 0 saturated carbocycles. The molecule has 1 amide bonds. The van der Waals surface area contributed by atoms with E-state index in [9.17, 15) is 9.59 Å². The van der Waals surface area contributed by atoms with Crippen LogP contribution in [0.15, 0.2) is 46.4 Å². The Hall–Kier alpha value is -3.33. The van der Waals surface area contributed by atoms with Crippen LogP contribution in [0.3, 0.4) is 0 Å². The van der Waals surface area contributed by atoms with Gasteiger partial charge in [0.1, 0.15) is 17.7 Å². The van der Waals surface area contributed by atoms with Crippen LogP contribution < -0.4 is 14.8 Å². The summed E-state index contributed by atoms with van der Waals surface area (Å²) in [7, 11) is 1.59. The Labute approximate surface area is 190 Å². The van der Waals surface area contributed by atoms with Gasteiger partial charge in [0.25, 0.3) is 5.91 Å². The van der Waals surface area contributed by atoms with Crippen LogP contribution in [0.4, 0.5) is 0 Å². The molecule has 0 radical (unpaired) electrons. The second-order valence-corrected chi connectivity index (χ2v) is 8.08. The van der Waals surface area contributed by atoms with Crippen molar-refractivity contribution in [3.05, 3.63) is 53.4 Å². The first-order chi connectivity index (χ1) is 15.4. The van der Waals surface area contributed by atoms with Crippen LogP contribution in [0.2, 0.25) is 0 Å². The number of nitrogens with zero attached hydrogens (tertiary/aromatic N) is 1. The quantitative estimate of drug-likeness (QED) is 0.452. The first kappa shape index (κ1) is 23.3. The molecule has 1 atom stereocenters. The number of amides is 1. The largest absolute Gasteiger partial charge is 0.493 e. The van der Waals surface area contributed by atoms with E-state index in [1.54, 1.807) is 13.2 Å². The predicted octanol–water partition coefficient (Wildman–Crippen LogP) is 4.31. The highest BCUT2D eigenvalue weighted by molar-refractivity contribution is 7.13. The van der Waals surface area contributed by atoms with Crippen LogP contribution in [0.25, 0.3) is 10.6 Å². The second-order valence-electron chi connectivity index (χ2n) is 7.22. The van der Waals surface area contributed by atoms with E-state index in [0.29, 0.717) is 23.8 Å². The van der Waals surface area contributed by atoms with Crippen molar-refractivity contribution in [3.63, 3.8) is 0 Å². The fourth-order valence-electron chi connectivity index (χ4n) is 2.93. The maximum atomic E-state index is 12.6. The fourth-order valence-corrected chi connectivity index (χ4v) is 3.74. The van der Waals surface area contributed by atoms with Crippen molar-refractivity contribution >= 4 is 23.2 Å². The topological polar surface area (TPSA) is 99.9 Å². The summed E-state index contributed by atoms with van der Waals surface area (Å²) >= 11 is 1.44. The SMILES string of the molecule is CCOc1ccc(-c2nc(COC(=O)C(NC(=O)c3ccco3)C(C)C)cs2)cc1OC. The smallest absolute Gasteiger partial charge is 0.329 e. The van der Waals surface area contributed by atoms with Gasteiger partial charge in [0.15, 0.2) is 17.3 Å². The number of furan rings is 1. The zero-order valence-electron chi connectivity index (χ0n) is 18.4. The molecule has 0 fully saturated rings. The molecular weight excluding hydrogens is 432 g/mol. The van der Waals surface area contributed by atoms with Gasteiger partial charge < -0.3 is 23.9 Å². The number of aromatic nitrogens is 1. The third-order valence-corrected chi connectivity index (χ3v) is 5.52. The minimum atomic E-state index is -0.805. The summed E-state index contributed by atoms with van der Waals surface area (Å²) in [6.07, 6.45) is 1.40. The van der Waals surface area contributed by atoms with Gasteiger partial charge >= 0.3 is 5.97 Å². The van der Waals surface area contributed by atoms with Crippen LogP contribution in [-0.4, -0.2) is 36.6 Å². The Morgan fingerprint density at radius 2 is 2.03 bits per heavy atom. The molecule has 8 nitrogen and oxygen atoms in total. The average Bonchev–Trinajstić information content (AvgIpc) is 3.48. The van der Waals surface area contributed by atoms with Gasteiger partial charge in [0.05, 0.1) is 25.7 Å². The summed E-state index contributed by atoms with van der Waals surface area (Å²) in [6, 6.07) is 7.94. The summed E-state index contributed by atoms with van der Waals surface area (Å²) in [4.78, 5) is 29.4. The third kappa shape index (κ3) is 5.67. The molecule has 1 aromatic carbocycles. The van der Waals surface area contributed by atoms with Gasteiger partial charge in [-0.15, -0.1) is 11.3 Å². The van der Waals surface area contributed by atoms with E-state index >= 15 is 0 Å². The van der Waals surface area contributed by atoms with E-state index < -0.39 is 17.9 Å². The summed E-state index contributed by atoms with van der Waals surface area (Å²) in [6.45, 7) is 6.11. The minimum absolute atomic E-state index is 0.00331. The molecule has 0 aliphatic rings. The number of carbonyl (C=O) groups is 2. The first-order valence-electron chi connectivity index (χ1n) is 10.2. The van der Waals surface area contributed by atoms with E-state index in [0.717, 1.165) is 10.6 Å². The monoisotopic (exact) mass is 458 g/mol. The third-order valence-electron chi connectivity index (χ3n) is 4.58. The normalized spacial score (nSPS) is 11.8. The predicted molar refractivity (Wildman–Crippen MR) is 120 cm³/mol. The molecule has 1 unspecified atom stereocenters. The summed E-state index contributed by atoms with van der Waals surface area (Å²) in [5.74, 6) is 0.269. The minimum Gasteiger partial charge on any atom is -0.493 e. The van der Waals surface area contributed by atoms with Gasteiger partial charge in [0.2, 0.25) is 0 Å². The number of hydrogen-bond donors (Lipinski definition) is 1. The number of ether oxygens (including phenoxy) is 3. The fraction of sp³-hybridized carbons (Fsp3) is 0.348. The van der Waals surface area contributed by atoms with Crippen LogP contribution in [0.1, 0.15) is 37.0 Å². The zero-order valence-corrected chi connectivity index (χ0v) is 19.2. The Morgan fingerprint density at radius 1 is 1.22 bits per heavy atom. The molecule has 9 heteroatoms. The molecular formula is C23H26N2O6S. The van der Waals surface area contributed by atoms with E-state index in [2.05, 4.69) is 10.3 Å². The summed E-state index contributed by atoms with van der Waals surface area (Å²) in [5, 5.41) is 5.26. The maximum absolute atomic E-state index is 12.6. The van der Waals surface area contributed by atoms with E-state index in [4.69, 9.17) is 18.6 Å². The van der Waals surface area contributed by atoms with Gasteiger partial charge in [-0.25, -0.2) is 9.78 Å². The second kappa shape index (κ2) is 10.8. The van der Waals surface area contributed by atoms with Crippen molar-refractivity contribution in [2.45, 2.75) is 33.4 Å². The lowest BCUT2D eigenvalue weighted by Gasteiger charge is -2.20. The lowest BCUT2D eigenvalue weighted by Crippen LogP contribution is -2.45. The molecule has 0 bridgehead atoms. The van der Waals surface area contributed by atoms with Gasteiger partial charge in [0, 0.05) is 10.9 Å². The number of hydrogen-bond acceptors (Lipinski definition) is 8. The molecule has 2 heterocycles. The molecule has 170 valence electrons. The zero-order chi connectivity index (χ0) is 23.1. The van der Waals surface area contributed by atoms with Crippen LogP contribution in [0.5, 0.6) is 11.5 Å². The highest BCUT2D eigenvalue weighted by Gasteiger charge is 2.27. The molecule has 1 N–H and O–H groups in total. The standard InChI is InChI=1S/C23H26N2O6S/c1-5-29-17-9-8-15(11-19(17)28-4)22-24-16(13-32-22)12-31-23(27)20(14(2)3)25-21(26)18-7-6-10-30-18/h6-11,13-14,20H,5,12H2,1-4H3,(H,25,26). The number of carbonyl (C=O) groups excluding carboxylic acids is 2. The summed E-state index contributed by atoms with van der Waals surface area (Å²) in [5.41, 5.74) is 1.49. The van der Waals surface area contributed by atoms with Gasteiger partial charge in [-0.1, -0.05) is 13.8 Å². The van der Waals surface area contributed by atoms with E-state index in [1.807, 2.05) is 44.4 Å². The lowest BCUT2D eigenvalue weighted by molar-refractivity contribution is -0.148. The Balaban J connectivity index is 1.63. The van der Waals surface area contributed by atoms with Crippen molar-refractivity contribution in [1.29, 1.82) is 0 Å². The number of thiazole rings is 1. The van der Waals surface area contributed by atoms with E-state index in [1.165, 1.54) is 23.7 Å². The lowest BCUT2D eigenvalue weighted by atomic mass is 10.0. The average molecular weight is 459 g/mol.